The largest absolute Gasteiger partial charge is 0.377 e. The van der Waals surface area contributed by atoms with Gasteiger partial charge in [0.1, 0.15) is 5.82 Å². The lowest BCUT2D eigenvalue weighted by Crippen LogP contribution is -2.50. The first kappa shape index (κ1) is 12.4. The molecule has 1 aromatic carbocycles. The normalized spacial score (nSPS) is 20.1. The van der Waals surface area contributed by atoms with E-state index in [0.29, 0.717) is 13.2 Å². The Balaban J connectivity index is 1.92. The van der Waals surface area contributed by atoms with Crippen molar-refractivity contribution in [2.24, 2.45) is 0 Å². The molecule has 0 spiro atoms. The molecule has 102 valence electrons. The fourth-order valence-electron chi connectivity index (χ4n) is 2.44. The second kappa shape index (κ2) is 5.14. The van der Waals surface area contributed by atoms with Crippen LogP contribution in [0.15, 0.2) is 18.2 Å². The number of hydrogen-bond acceptors (Lipinski definition) is 4. The number of benzene rings is 1. The van der Waals surface area contributed by atoms with E-state index >= 15 is 0 Å². The highest BCUT2D eigenvalue weighted by Gasteiger charge is 2.24. The highest BCUT2D eigenvalue weighted by molar-refractivity contribution is 5.77. The van der Waals surface area contributed by atoms with Gasteiger partial charge >= 0.3 is 0 Å². The zero-order chi connectivity index (χ0) is 13.2. The molecule has 5 nitrogen and oxygen atoms in total. The van der Waals surface area contributed by atoms with Crippen molar-refractivity contribution >= 4 is 17.0 Å². The Hall–Kier alpha value is -1.66. The molecule has 1 fully saturated rings. The molecule has 2 aromatic rings. The molecule has 0 aliphatic carbocycles. The van der Waals surface area contributed by atoms with Crippen molar-refractivity contribution < 1.29 is 9.13 Å². The topological polar surface area (TPSA) is 53.2 Å². The monoisotopic (exact) mass is 264 g/mol. The van der Waals surface area contributed by atoms with Crippen molar-refractivity contribution in [2.75, 3.05) is 38.3 Å². The fourth-order valence-corrected chi connectivity index (χ4v) is 2.44. The van der Waals surface area contributed by atoms with Crippen LogP contribution in [0.25, 0.3) is 11.0 Å². The van der Waals surface area contributed by atoms with Gasteiger partial charge < -0.3 is 19.9 Å². The molecule has 1 atom stereocenters. The van der Waals surface area contributed by atoms with E-state index in [2.05, 4.69) is 20.2 Å². The number of imidazole rings is 1. The van der Waals surface area contributed by atoms with Gasteiger partial charge in [-0.15, -0.1) is 0 Å². The Kier molecular flexibility index (Phi) is 3.35. The Bertz CT molecular complexity index is 569. The van der Waals surface area contributed by atoms with Crippen LogP contribution in [0.2, 0.25) is 0 Å². The van der Waals surface area contributed by atoms with Crippen molar-refractivity contribution in [3.8, 4) is 0 Å². The SMILES string of the molecule is CNCC1COCCN1c1nc2ccc(F)cc2[nH]1. The Morgan fingerprint density at radius 2 is 2.47 bits per heavy atom. The lowest BCUT2D eigenvalue weighted by atomic mass is 10.2. The second-order valence-electron chi connectivity index (χ2n) is 4.70. The average Bonchev–Trinajstić information content (AvgIpc) is 2.82. The predicted octanol–water partition coefficient (Wildman–Crippen LogP) is 1.13. The minimum Gasteiger partial charge on any atom is -0.377 e. The number of nitrogens with one attached hydrogen (secondary N) is 2. The lowest BCUT2D eigenvalue weighted by molar-refractivity contribution is 0.0936. The number of morpholine rings is 1. The molecule has 3 rings (SSSR count). The predicted molar refractivity (Wildman–Crippen MR) is 71.9 cm³/mol. The van der Waals surface area contributed by atoms with Gasteiger partial charge in [0.15, 0.2) is 0 Å². The van der Waals surface area contributed by atoms with Gasteiger partial charge in [-0.25, -0.2) is 9.37 Å². The number of nitrogens with zero attached hydrogens (tertiary/aromatic N) is 2. The molecule has 1 aliphatic rings. The average molecular weight is 264 g/mol. The third-order valence-corrected chi connectivity index (χ3v) is 3.37. The van der Waals surface area contributed by atoms with Crippen LogP contribution >= 0.6 is 0 Å². The zero-order valence-corrected chi connectivity index (χ0v) is 10.8. The Morgan fingerprint density at radius 1 is 1.58 bits per heavy atom. The molecule has 0 radical (unpaired) electrons. The smallest absolute Gasteiger partial charge is 0.204 e. The molecular weight excluding hydrogens is 247 g/mol. The van der Waals surface area contributed by atoms with Crippen LogP contribution in [0.3, 0.4) is 0 Å². The molecule has 0 bridgehead atoms. The molecule has 6 heteroatoms. The number of H-pyrrole nitrogens is 1. The quantitative estimate of drug-likeness (QED) is 0.872. The molecule has 1 unspecified atom stereocenters. The maximum atomic E-state index is 13.2. The van der Waals surface area contributed by atoms with Crippen molar-refractivity contribution in [1.29, 1.82) is 0 Å². The summed E-state index contributed by atoms with van der Waals surface area (Å²) in [5.74, 6) is 0.528. The summed E-state index contributed by atoms with van der Waals surface area (Å²) in [4.78, 5) is 9.89. The summed E-state index contributed by atoms with van der Waals surface area (Å²) in [6.45, 7) is 2.97. The molecular formula is C13H17FN4O. The number of aromatic nitrogens is 2. The van der Waals surface area contributed by atoms with Gasteiger partial charge in [0, 0.05) is 13.1 Å². The van der Waals surface area contributed by atoms with E-state index in [1.165, 1.54) is 12.1 Å². The van der Waals surface area contributed by atoms with E-state index in [9.17, 15) is 4.39 Å². The van der Waals surface area contributed by atoms with E-state index in [0.717, 1.165) is 30.1 Å². The van der Waals surface area contributed by atoms with Gasteiger partial charge in [-0.05, 0) is 25.2 Å². The molecule has 1 aromatic heterocycles. The van der Waals surface area contributed by atoms with E-state index in [4.69, 9.17) is 4.74 Å². The number of fused-ring (bicyclic) bond motifs is 1. The highest BCUT2D eigenvalue weighted by Crippen LogP contribution is 2.21. The summed E-state index contributed by atoms with van der Waals surface area (Å²) < 4.78 is 18.7. The van der Waals surface area contributed by atoms with Gasteiger partial charge in [0.2, 0.25) is 5.95 Å². The van der Waals surface area contributed by atoms with Crippen molar-refractivity contribution in [3.63, 3.8) is 0 Å². The van der Waals surface area contributed by atoms with Gasteiger partial charge in [0.05, 0.1) is 30.3 Å². The van der Waals surface area contributed by atoms with Gasteiger partial charge in [-0.3, -0.25) is 0 Å². The van der Waals surface area contributed by atoms with Crippen LogP contribution in [0.5, 0.6) is 0 Å². The number of anilines is 1. The minimum absolute atomic E-state index is 0.240. The molecule has 19 heavy (non-hydrogen) atoms. The third kappa shape index (κ3) is 2.41. The van der Waals surface area contributed by atoms with E-state index in [1.807, 2.05) is 7.05 Å². The van der Waals surface area contributed by atoms with Crippen LogP contribution in [0.1, 0.15) is 0 Å². The summed E-state index contributed by atoms with van der Waals surface area (Å²) in [6, 6.07) is 4.83. The summed E-state index contributed by atoms with van der Waals surface area (Å²) in [5, 5.41) is 3.16. The molecule has 2 heterocycles. The van der Waals surface area contributed by atoms with Gasteiger partial charge in [-0.2, -0.15) is 0 Å². The highest BCUT2D eigenvalue weighted by atomic mass is 19.1. The first-order valence-corrected chi connectivity index (χ1v) is 6.42. The Labute approximate surface area is 110 Å². The fraction of sp³-hybridized carbons (Fsp3) is 0.462. The van der Waals surface area contributed by atoms with Gasteiger partial charge in [-0.1, -0.05) is 0 Å². The van der Waals surface area contributed by atoms with E-state index < -0.39 is 0 Å². The van der Waals surface area contributed by atoms with Crippen LogP contribution in [-0.4, -0.2) is 49.4 Å². The number of likely N-dealkylation sites (N-methyl/N-ethyl adjacent to an activating group) is 1. The maximum absolute atomic E-state index is 13.2. The maximum Gasteiger partial charge on any atom is 0.204 e. The van der Waals surface area contributed by atoms with Gasteiger partial charge in [0.25, 0.3) is 0 Å². The number of halogens is 1. The van der Waals surface area contributed by atoms with Crippen LogP contribution in [0.4, 0.5) is 10.3 Å². The summed E-state index contributed by atoms with van der Waals surface area (Å²) >= 11 is 0. The minimum atomic E-state index is -0.253. The number of aromatic amines is 1. The molecule has 2 N–H and O–H groups in total. The first-order valence-electron chi connectivity index (χ1n) is 6.42. The van der Waals surface area contributed by atoms with E-state index in [1.54, 1.807) is 6.07 Å². The van der Waals surface area contributed by atoms with Crippen molar-refractivity contribution in [2.45, 2.75) is 6.04 Å². The lowest BCUT2D eigenvalue weighted by Gasteiger charge is -2.35. The number of ether oxygens (including phenoxy) is 1. The number of rotatable bonds is 3. The van der Waals surface area contributed by atoms with Crippen molar-refractivity contribution in [3.05, 3.63) is 24.0 Å². The zero-order valence-electron chi connectivity index (χ0n) is 10.8. The molecule has 0 amide bonds. The summed E-state index contributed by atoms with van der Waals surface area (Å²) in [6.07, 6.45) is 0. The van der Waals surface area contributed by atoms with E-state index in [-0.39, 0.29) is 11.9 Å². The van der Waals surface area contributed by atoms with Crippen molar-refractivity contribution in [1.82, 2.24) is 15.3 Å². The number of hydrogen-bond donors (Lipinski definition) is 2. The Morgan fingerprint density at radius 3 is 3.32 bits per heavy atom. The third-order valence-electron chi connectivity index (χ3n) is 3.37. The molecule has 1 aliphatic heterocycles. The standard InChI is InChI=1S/C13H17FN4O/c1-15-7-10-8-19-5-4-18(10)13-16-11-3-2-9(14)6-12(11)17-13/h2-3,6,10,15H,4-5,7-8H2,1H3,(H,16,17). The summed E-state index contributed by atoms with van der Waals surface area (Å²) in [5.41, 5.74) is 1.51. The first-order chi connectivity index (χ1) is 9.28. The van der Waals surface area contributed by atoms with Crippen LogP contribution in [-0.2, 0) is 4.74 Å². The second-order valence-corrected chi connectivity index (χ2v) is 4.70. The van der Waals surface area contributed by atoms with Crippen LogP contribution in [0, 0.1) is 5.82 Å². The molecule has 1 saturated heterocycles. The summed E-state index contributed by atoms with van der Waals surface area (Å²) in [7, 11) is 1.92. The van der Waals surface area contributed by atoms with Crippen LogP contribution < -0.4 is 10.2 Å². The molecule has 0 saturated carbocycles.